The van der Waals surface area contributed by atoms with E-state index in [2.05, 4.69) is 15.3 Å². The Morgan fingerprint density at radius 1 is 1.10 bits per heavy atom. The highest BCUT2D eigenvalue weighted by Crippen LogP contribution is 2.31. The van der Waals surface area contributed by atoms with Gasteiger partial charge in [-0.15, -0.1) is 15.3 Å². The molecule has 1 atom stereocenters. The van der Waals surface area contributed by atoms with Gasteiger partial charge in [0.25, 0.3) is 5.82 Å². The molecule has 1 aliphatic heterocycles. The lowest BCUT2D eigenvalue weighted by molar-refractivity contribution is -0.147. The van der Waals surface area contributed by atoms with E-state index in [-0.39, 0.29) is 5.65 Å². The van der Waals surface area contributed by atoms with Crippen LogP contribution in [0.25, 0.3) is 5.65 Å². The number of fused-ring (bicyclic) bond motifs is 1. The fourth-order valence-electron chi connectivity index (χ4n) is 3.62. The van der Waals surface area contributed by atoms with Crippen LogP contribution in [0, 0.1) is 0 Å². The van der Waals surface area contributed by atoms with Crippen LogP contribution < -0.4 is 4.90 Å². The van der Waals surface area contributed by atoms with E-state index in [4.69, 9.17) is 16.3 Å². The Bertz CT molecular complexity index is 1100. The summed E-state index contributed by atoms with van der Waals surface area (Å²) in [7, 11) is 1.32. The summed E-state index contributed by atoms with van der Waals surface area (Å²) in [6.07, 6.45) is -4.66. The molecule has 3 aromatic rings. The second-order valence-electron chi connectivity index (χ2n) is 6.95. The third kappa shape index (κ3) is 4.15. The summed E-state index contributed by atoms with van der Waals surface area (Å²) >= 11 is 6.30. The highest BCUT2D eigenvalue weighted by molar-refractivity contribution is 6.31. The van der Waals surface area contributed by atoms with Gasteiger partial charge in [0.1, 0.15) is 11.9 Å². The van der Waals surface area contributed by atoms with Crippen LogP contribution in [0.5, 0.6) is 0 Å². The number of piperazine rings is 1. The van der Waals surface area contributed by atoms with Crippen molar-refractivity contribution in [3.63, 3.8) is 0 Å². The molecular formula is C19H18ClF3N6O2. The standard InChI is InChI=1S/C19H18ClF3N6O2/c1-31-17(30)16(12-4-2-3-5-13(12)20)28-10-8-27(9-11-28)15-7-6-14-24-25-18(19(21,22)23)29(14)26-15/h2-7,16H,8-11H2,1H3. The van der Waals surface area contributed by atoms with Crippen molar-refractivity contribution in [1.82, 2.24) is 24.7 Å². The van der Waals surface area contributed by atoms with Crippen LogP contribution in [0.4, 0.5) is 19.0 Å². The van der Waals surface area contributed by atoms with Crippen LogP contribution >= 0.6 is 11.6 Å². The predicted molar refractivity (Wildman–Crippen MR) is 106 cm³/mol. The molecule has 4 rings (SSSR count). The van der Waals surface area contributed by atoms with Crippen LogP contribution in [0.2, 0.25) is 5.02 Å². The van der Waals surface area contributed by atoms with E-state index < -0.39 is 24.0 Å². The summed E-state index contributed by atoms with van der Waals surface area (Å²) in [5.74, 6) is -1.24. The molecule has 0 saturated carbocycles. The molecule has 3 heterocycles. The topological polar surface area (TPSA) is 75.9 Å². The van der Waals surface area contributed by atoms with Crippen LogP contribution in [-0.2, 0) is 15.7 Å². The number of halogens is 4. The minimum absolute atomic E-state index is 0.0131. The van der Waals surface area contributed by atoms with E-state index >= 15 is 0 Å². The van der Waals surface area contributed by atoms with Crippen molar-refractivity contribution < 1.29 is 22.7 Å². The summed E-state index contributed by atoms with van der Waals surface area (Å²) in [6, 6.07) is 9.43. The summed E-state index contributed by atoms with van der Waals surface area (Å²) in [5, 5.41) is 11.3. The van der Waals surface area contributed by atoms with E-state index in [1.54, 1.807) is 30.3 Å². The van der Waals surface area contributed by atoms with Gasteiger partial charge in [0, 0.05) is 31.2 Å². The fraction of sp³-hybridized carbons (Fsp3) is 0.368. The monoisotopic (exact) mass is 454 g/mol. The van der Waals surface area contributed by atoms with Crippen molar-refractivity contribution in [2.45, 2.75) is 12.2 Å². The predicted octanol–water partition coefficient (Wildman–Crippen LogP) is 2.83. The number of hydrogen-bond donors (Lipinski definition) is 0. The van der Waals surface area contributed by atoms with Crippen LogP contribution in [-0.4, -0.2) is 64.0 Å². The molecular weight excluding hydrogens is 437 g/mol. The number of rotatable bonds is 4. The number of hydrogen-bond acceptors (Lipinski definition) is 7. The Morgan fingerprint density at radius 3 is 2.45 bits per heavy atom. The van der Waals surface area contributed by atoms with E-state index in [1.807, 2.05) is 9.80 Å². The maximum absolute atomic E-state index is 13.1. The second kappa shape index (κ2) is 8.31. The van der Waals surface area contributed by atoms with Gasteiger partial charge in [-0.3, -0.25) is 4.90 Å². The van der Waals surface area contributed by atoms with Gasteiger partial charge in [-0.1, -0.05) is 29.8 Å². The molecule has 0 bridgehead atoms. The van der Waals surface area contributed by atoms with Crippen LogP contribution in [0.1, 0.15) is 17.4 Å². The molecule has 1 fully saturated rings. The van der Waals surface area contributed by atoms with E-state index in [0.717, 1.165) is 0 Å². The normalized spacial score (nSPS) is 16.5. The van der Waals surface area contributed by atoms with Gasteiger partial charge in [-0.05, 0) is 23.8 Å². The number of methoxy groups -OCH3 is 1. The van der Waals surface area contributed by atoms with Crippen molar-refractivity contribution in [2.24, 2.45) is 0 Å². The Balaban J connectivity index is 1.55. The molecule has 164 valence electrons. The molecule has 1 saturated heterocycles. The van der Waals surface area contributed by atoms with Crippen molar-refractivity contribution in [2.75, 3.05) is 38.2 Å². The molecule has 2 aromatic heterocycles. The first kappa shape index (κ1) is 21.3. The van der Waals surface area contributed by atoms with Gasteiger partial charge in [-0.25, -0.2) is 4.79 Å². The van der Waals surface area contributed by atoms with Crippen molar-refractivity contribution in [3.8, 4) is 0 Å². The lowest BCUT2D eigenvalue weighted by Gasteiger charge is -2.38. The number of carbonyl (C=O) groups excluding carboxylic acids is 1. The molecule has 0 radical (unpaired) electrons. The molecule has 0 amide bonds. The quantitative estimate of drug-likeness (QED) is 0.561. The summed E-state index contributed by atoms with van der Waals surface area (Å²) in [4.78, 5) is 16.3. The number of anilines is 1. The van der Waals surface area contributed by atoms with E-state index in [0.29, 0.717) is 47.1 Å². The van der Waals surface area contributed by atoms with Gasteiger partial charge < -0.3 is 9.64 Å². The molecule has 0 spiro atoms. The number of nitrogens with zero attached hydrogens (tertiary/aromatic N) is 6. The fourth-order valence-corrected chi connectivity index (χ4v) is 3.85. The Kier molecular flexibility index (Phi) is 5.71. The van der Waals surface area contributed by atoms with Gasteiger partial charge in [-0.2, -0.15) is 17.7 Å². The minimum atomic E-state index is -4.66. The zero-order valence-electron chi connectivity index (χ0n) is 16.4. The summed E-state index contributed by atoms with van der Waals surface area (Å²) in [5.41, 5.74) is 0.655. The Labute approximate surface area is 180 Å². The zero-order valence-corrected chi connectivity index (χ0v) is 17.1. The van der Waals surface area contributed by atoms with E-state index in [9.17, 15) is 18.0 Å². The zero-order chi connectivity index (χ0) is 22.2. The maximum atomic E-state index is 13.1. The SMILES string of the molecule is COC(=O)C(c1ccccc1Cl)N1CCN(c2ccc3nnc(C(F)(F)F)n3n2)CC1. The number of aromatic nitrogens is 4. The first-order valence-corrected chi connectivity index (χ1v) is 9.78. The van der Waals surface area contributed by atoms with Crippen LogP contribution in [0.15, 0.2) is 36.4 Å². The average molecular weight is 455 g/mol. The molecule has 8 nitrogen and oxygen atoms in total. The average Bonchev–Trinajstić information content (AvgIpc) is 3.19. The molecule has 0 N–H and O–H groups in total. The summed E-state index contributed by atoms with van der Waals surface area (Å²) in [6.45, 7) is 1.80. The highest BCUT2D eigenvalue weighted by atomic mass is 35.5. The largest absolute Gasteiger partial charge is 0.468 e. The summed E-state index contributed by atoms with van der Waals surface area (Å²) < 4.78 is 45.1. The van der Waals surface area contributed by atoms with E-state index in [1.165, 1.54) is 13.2 Å². The lowest BCUT2D eigenvalue weighted by Crippen LogP contribution is -2.49. The van der Waals surface area contributed by atoms with Gasteiger partial charge >= 0.3 is 12.1 Å². The Hall–Kier alpha value is -2.92. The Morgan fingerprint density at radius 2 is 1.81 bits per heavy atom. The number of alkyl halides is 3. The van der Waals surface area contributed by atoms with Crippen molar-refractivity contribution >= 4 is 29.0 Å². The van der Waals surface area contributed by atoms with Crippen molar-refractivity contribution in [1.29, 1.82) is 0 Å². The third-order valence-corrected chi connectivity index (χ3v) is 5.47. The number of benzene rings is 1. The minimum Gasteiger partial charge on any atom is -0.468 e. The van der Waals surface area contributed by atoms with Gasteiger partial charge in [0.05, 0.1) is 7.11 Å². The molecule has 0 aliphatic carbocycles. The third-order valence-electron chi connectivity index (χ3n) is 5.13. The molecule has 31 heavy (non-hydrogen) atoms. The smallest absolute Gasteiger partial charge is 0.453 e. The molecule has 1 unspecified atom stereocenters. The molecule has 12 heteroatoms. The van der Waals surface area contributed by atoms with Gasteiger partial charge in [0.2, 0.25) is 0 Å². The van der Waals surface area contributed by atoms with Crippen LogP contribution in [0.3, 0.4) is 0 Å². The number of ether oxygens (including phenoxy) is 1. The molecule has 1 aliphatic rings. The first-order chi connectivity index (χ1) is 14.8. The second-order valence-corrected chi connectivity index (χ2v) is 7.36. The highest BCUT2D eigenvalue weighted by Gasteiger charge is 2.38. The first-order valence-electron chi connectivity index (χ1n) is 9.40. The number of carbonyl (C=O) groups is 1. The number of esters is 1. The maximum Gasteiger partial charge on any atom is 0.453 e. The lowest BCUT2D eigenvalue weighted by atomic mass is 10.0. The van der Waals surface area contributed by atoms with Crippen molar-refractivity contribution in [3.05, 3.63) is 52.8 Å². The van der Waals surface area contributed by atoms with Gasteiger partial charge in [0.15, 0.2) is 5.65 Å². The molecule has 1 aromatic carbocycles.